The zero-order valence-electron chi connectivity index (χ0n) is 18.1. The summed E-state index contributed by atoms with van der Waals surface area (Å²) in [4.78, 5) is 21.8. The Hall–Kier alpha value is -3.09. The SMILES string of the molecule is O=C(OCC(C[C@H]1CCCNC1)c1ccncn1)C(O)(c1ccccc1)c1ccccc1. The third-order valence-electron chi connectivity index (χ3n) is 6.13. The summed E-state index contributed by atoms with van der Waals surface area (Å²) < 4.78 is 5.80. The molecule has 1 aliphatic rings. The summed E-state index contributed by atoms with van der Waals surface area (Å²) in [6.07, 6.45) is 6.36. The summed E-state index contributed by atoms with van der Waals surface area (Å²) in [6, 6.07) is 19.7. The summed E-state index contributed by atoms with van der Waals surface area (Å²) in [7, 11) is 0. The van der Waals surface area contributed by atoms with Crippen LogP contribution in [0.2, 0.25) is 0 Å². The molecular weight excluding hydrogens is 402 g/mol. The van der Waals surface area contributed by atoms with Crippen LogP contribution in [0.15, 0.2) is 79.3 Å². The number of aromatic nitrogens is 2. The molecule has 166 valence electrons. The van der Waals surface area contributed by atoms with E-state index in [0.29, 0.717) is 17.0 Å². The average Bonchev–Trinajstić information content (AvgIpc) is 2.88. The number of aliphatic hydroxyl groups is 1. The summed E-state index contributed by atoms with van der Waals surface area (Å²) in [5.41, 5.74) is -0.0793. The lowest BCUT2D eigenvalue weighted by Gasteiger charge is -2.29. The van der Waals surface area contributed by atoms with E-state index in [4.69, 9.17) is 4.74 Å². The number of rotatable bonds is 8. The molecule has 2 heterocycles. The zero-order chi connectivity index (χ0) is 22.2. The smallest absolute Gasteiger partial charge is 0.347 e. The van der Waals surface area contributed by atoms with E-state index in [1.807, 2.05) is 18.2 Å². The van der Waals surface area contributed by atoms with E-state index in [1.165, 1.54) is 6.33 Å². The number of benzene rings is 2. The van der Waals surface area contributed by atoms with Gasteiger partial charge in [0.2, 0.25) is 5.60 Å². The fourth-order valence-electron chi connectivity index (χ4n) is 4.39. The van der Waals surface area contributed by atoms with Gasteiger partial charge in [0.25, 0.3) is 0 Å². The van der Waals surface area contributed by atoms with Crippen molar-refractivity contribution in [1.29, 1.82) is 0 Å². The monoisotopic (exact) mass is 431 g/mol. The molecule has 6 nitrogen and oxygen atoms in total. The van der Waals surface area contributed by atoms with Crippen molar-refractivity contribution >= 4 is 5.97 Å². The molecule has 32 heavy (non-hydrogen) atoms. The Balaban J connectivity index is 1.56. The predicted octanol–water partition coefficient (Wildman–Crippen LogP) is 3.43. The molecule has 4 rings (SSSR count). The van der Waals surface area contributed by atoms with Crippen LogP contribution in [0.5, 0.6) is 0 Å². The molecule has 6 heteroatoms. The first-order chi connectivity index (χ1) is 15.7. The minimum Gasteiger partial charge on any atom is -0.462 e. The number of piperidine rings is 1. The van der Waals surface area contributed by atoms with E-state index in [9.17, 15) is 9.90 Å². The van der Waals surface area contributed by atoms with E-state index < -0.39 is 11.6 Å². The van der Waals surface area contributed by atoms with Crippen molar-refractivity contribution in [2.75, 3.05) is 19.7 Å². The Labute approximate surface area is 188 Å². The van der Waals surface area contributed by atoms with Gasteiger partial charge < -0.3 is 15.2 Å². The number of nitrogens with zero attached hydrogens (tertiary/aromatic N) is 2. The molecule has 3 aromatic rings. The minimum absolute atomic E-state index is 0.0670. The highest BCUT2D eigenvalue weighted by Gasteiger charge is 2.42. The minimum atomic E-state index is -1.88. The number of hydrogen-bond acceptors (Lipinski definition) is 6. The van der Waals surface area contributed by atoms with Crippen LogP contribution in [0.3, 0.4) is 0 Å². The molecule has 1 fully saturated rings. The third kappa shape index (κ3) is 5.03. The van der Waals surface area contributed by atoms with Crippen LogP contribution in [0.1, 0.15) is 42.0 Å². The first-order valence-electron chi connectivity index (χ1n) is 11.1. The number of carbonyl (C=O) groups excluding carboxylic acids is 1. The van der Waals surface area contributed by atoms with Crippen LogP contribution in [0.4, 0.5) is 0 Å². The molecule has 0 spiro atoms. The molecule has 0 amide bonds. The summed E-state index contributed by atoms with van der Waals surface area (Å²) in [5, 5.41) is 15.1. The van der Waals surface area contributed by atoms with Gasteiger partial charge in [-0.2, -0.15) is 0 Å². The lowest BCUT2D eigenvalue weighted by atomic mass is 9.86. The summed E-state index contributed by atoms with van der Waals surface area (Å²) in [6.45, 7) is 2.15. The van der Waals surface area contributed by atoms with Crippen LogP contribution in [-0.4, -0.2) is 40.7 Å². The van der Waals surface area contributed by atoms with Gasteiger partial charge in [-0.15, -0.1) is 0 Å². The van der Waals surface area contributed by atoms with Crippen molar-refractivity contribution in [1.82, 2.24) is 15.3 Å². The van der Waals surface area contributed by atoms with Gasteiger partial charge in [0.1, 0.15) is 6.33 Å². The van der Waals surface area contributed by atoms with Gasteiger partial charge in [-0.05, 0) is 55.5 Å². The molecular formula is C26H29N3O3. The number of esters is 1. The van der Waals surface area contributed by atoms with Crippen molar-refractivity contribution in [2.24, 2.45) is 5.92 Å². The van der Waals surface area contributed by atoms with Crippen LogP contribution >= 0.6 is 0 Å². The Morgan fingerprint density at radius 1 is 1.09 bits per heavy atom. The second-order valence-corrected chi connectivity index (χ2v) is 8.32. The van der Waals surface area contributed by atoms with E-state index in [1.54, 1.807) is 54.7 Å². The van der Waals surface area contributed by atoms with Gasteiger partial charge in [0.15, 0.2) is 0 Å². The van der Waals surface area contributed by atoms with E-state index in [-0.39, 0.29) is 12.5 Å². The molecule has 2 atom stereocenters. The van der Waals surface area contributed by atoms with Crippen LogP contribution < -0.4 is 5.32 Å². The molecule has 1 aromatic heterocycles. The highest BCUT2D eigenvalue weighted by molar-refractivity contribution is 5.85. The highest BCUT2D eigenvalue weighted by atomic mass is 16.5. The van der Waals surface area contributed by atoms with Gasteiger partial charge in [-0.1, -0.05) is 60.7 Å². The molecule has 1 aliphatic heterocycles. The lowest BCUT2D eigenvalue weighted by Crippen LogP contribution is -2.39. The number of carbonyl (C=O) groups is 1. The molecule has 1 saturated heterocycles. The van der Waals surface area contributed by atoms with E-state index in [2.05, 4.69) is 15.3 Å². The molecule has 2 N–H and O–H groups in total. The second kappa shape index (κ2) is 10.5. The number of nitrogens with one attached hydrogen (secondary N) is 1. The van der Waals surface area contributed by atoms with Crippen LogP contribution in [0, 0.1) is 5.92 Å². The van der Waals surface area contributed by atoms with Crippen molar-refractivity contribution in [3.8, 4) is 0 Å². The normalized spacial score (nSPS) is 17.5. The van der Waals surface area contributed by atoms with Crippen LogP contribution in [-0.2, 0) is 15.1 Å². The third-order valence-corrected chi connectivity index (χ3v) is 6.13. The number of ether oxygens (including phenoxy) is 1. The number of hydrogen-bond donors (Lipinski definition) is 2. The van der Waals surface area contributed by atoms with E-state index >= 15 is 0 Å². The zero-order valence-corrected chi connectivity index (χ0v) is 18.1. The molecule has 0 radical (unpaired) electrons. The van der Waals surface area contributed by atoms with Crippen molar-refractivity contribution in [2.45, 2.75) is 30.8 Å². The predicted molar refractivity (Wildman–Crippen MR) is 122 cm³/mol. The maximum Gasteiger partial charge on any atom is 0.347 e. The largest absolute Gasteiger partial charge is 0.462 e. The highest BCUT2D eigenvalue weighted by Crippen LogP contribution is 2.32. The summed E-state index contributed by atoms with van der Waals surface area (Å²) in [5.74, 6) is -0.261. The second-order valence-electron chi connectivity index (χ2n) is 8.32. The van der Waals surface area contributed by atoms with Gasteiger partial charge in [0.05, 0.1) is 12.3 Å². The Morgan fingerprint density at radius 2 is 1.78 bits per heavy atom. The Kier molecular flexibility index (Phi) is 7.24. The van der Waals surface area contributed by atoms with Gasteiger partial charge in [-0.25, -0.2) is 14.8 Å². The first-order valence-corrected chi connectivity index (χ1v) is 11.1. The molecule has 0 bridgehead atoms. The summed E-state index contributed by atoms with van der Waals surface area (Å²) >= 11 is 0. The standard InChI is InChI=1S/C26H29N3O3/c30-25(26(31,22-9-3-1-4-10-22)23-11-5-2-6-12-23)32-18-21(24-13-15-28-19-29-24)16-20-8-7-14-27-17-20/h1-6,9-13,15,19-21,27,31H,7-8,14,16-18H2/t20-,21?/m1/s1. The van der Waals surface area contributed by atoms with Crippen molar-refractivity contribution in [3.05, 3.63) is 96.1 Å². The lowest BCUT2D eigenvalue weighted by molar-refractivity contribution is -0.163. The maximum atomic E-state index is 13.4. The van der Waals surface area contributed by atoms with Crippen molar-refractivity contribution in [3.63, 3.8) is 0 Å². The van der Waals surface area contributed by atoms with Crippen LogP contribution in [0.25, 0.3) is 0 Å². The molecule has 2 aromatic carbocycles. The fourth-order valence-corrected chi connectivity index (χ4v) is 4.39. The topological polar surface area (TPSA) is 84.3 Å². The maximum absolute atomic E-state index is 13.4. The quantitative estimate of drug-likeness (QED) is 0.532. The van der Waals surface area contributed by atoms with Gasteiger partial charge in [-0.3, -0.25) is 0 Å². The van der Waals surface area contributed by atoms with Gasteiger partial charge >= 0.3 is 5.97 Å². The fraction of sp³-hybridized carbons (Fsp3) is 0.346. The molecule has 0 saturated carbocycles. The molecule has 0 aliphatic carbocycles. The Bertz CT molecular complexity index is 937. The van der Waals surface area contributed by atoms with Gasteiger partial charge in [0, 0.05) is 12.1 Å². The first kappa shape index (κ1) is 22.1. The molecule has 1 unspecified atom stereocenters. The average molecular weight is 432 g/mol. The van der Waals surface area contributed by atoms with Crippen molar-refractivity contribution < 1.29 is 14.6 Å². The Morgan fingerprint density at radius 3 is 2.34 bits per heavy atom. The van der Waals surface area contributed by atoms with E-state index in [0.717, 1.165) is 38.0 Å².